The lowest BCUT2D eigenvalue weighted by Crippen LogP contribution is -2.43. The molecule has 0 fully saturated rings. The maximum absolute atomic E-state index is 12.1. The molecule has 0 radical (unpaired) electrons. The van der Waals surface area contributed by atoms with Gasteiger partial charge in [-0.25, -0.2) is 0 Å². The molecular formula is C18H19NO3. The molecule has 4 nitrogen and oxygen atoms in total. The van der Waals surface area contributed by atoms with Crippen LogP contribution in [0.2, 0.25) is 0 Å². The third kappa shape index (κ3) is 4.53. The first-order valence-electron chi connectivity index (χ1n) is 7.17. The van der Waals surface area contributed by atoms with Gasteiger partial charge in [0.2, 0.25) is 0 Å². The second kappa shape index (κ2) is 8.10. The van der Waals surface area contributed by atoms with Crippen molar-refractivity contribution in [3.8, 4) is 0 Å². The van der Waals surface area contributed by atoms with Gasteiger partial charge in [-0.15, -0.1) is 0 Å². The first-order chi connectivity index (χ1) is 10.7. The van der Waals surface area contributed by atoms with Crippen LogP contribution in [0.3, 0.4) is 0 Å². The van der Waals surface area contributed by atoms with Crippen LogP contribution in [-0.4, -0.2) is 24.3 Å². The summed E-state index contributed by atoms with van der Waals surface area (Å²) in [6.45, 7) is 2.08. The molecule has 2 aromatic rings. The molecule has 0 heterocycles. The van der Waals surface area contributed by atoms with Crippen molar-refractivity contribution < 1.29 is 14.3 Å². The lowest BCUT2D eigenvalue weighted by atomic mass is 10.1. The minimum Gasteiger partial charge on any atom is -0.364 e. The van der Waals surface area contributed by atoms with Gasteiger partial charge < -0.3 is 14.8 Å². The van der Waals surface area contributed by atoms with Crippen molar-refractivity contribution in [2.45, 2.75) is 25.7 Å². The number of nitrogens with one attached hydrogen (secondary N) is 1. The van der Waals surface area contributed by atoms with Crippen LogP contribution in [0.15, 0.2) is 60.7 Å². The molecule has 0 saturated carbocycles. The first kappa shape index (κ1) is 15.9. The van der Waals surface area contributed by atoms with Gasteiger partial charge in [-0.3, -0.25) is 4.79 Å². The smallest absolute Gasteiger partial charge is 0.251 e. The molecule has 0 aliphatic heterocycles. The molecule has 1 N–H and O–H groups in total. The van der Waals surface area contributed by atoms with E-state index in [9.17, 15) is 9.59 Å². The molecule has 114 valence electrons. The van der Waals surface area contributed by atoms with Crippen molar-refractivity contribution in [1.82, 2.24) is 5.32 Å². The van der Waals surface area contributed by atoms with Crippen molar-refractivity contribution >= 4 is 12.2 Å². The van der Waals surface area contributed by atoms with E-state index >= 15 is 0 Å². The van der Waals surface area contributed by atoms with E-state index in [-0.39, 0.29) is 5.91 Å². The van der Waals surface area contributed by atoms with Crippen LogP contribution in [0.5, 0.6) is 0 Å². The zero-order valence-corrected chi connectivity index (χ0v) is 12.4. The highest BCUT2D eigenvalue weighted by molar-refractivity contribution is 5.94. The van der Waals surface area contributed by atoms with E-state index in [4.69, 9.17) is 4.74 Å². The summed E-state index contributed by atoms with van der Waals surface area (Å²) in [5.74, 6) is -0.219. The summed E-state index contributed by atoms with van der Waals surface area (Å²) in [4.78, 5) is 23.3. The fourth-order valence-corrected chi connectivity index (χ4v) is 2.03. The maximum Gasteiger partial charge on any atom is 0.251 e. The molecule has 0 unspecified atom stereocenters. The van der Waals surface area contributed by atoms with E-state index in [2.05, 4.69) is 5.32 Å². The van der Waals surface area contributed by atoms with Gasteiger partial charge in [0, 0.05) is 5.56 Å². The second-order valence-electron chi connectivity index (χ2n) is 5.03. The van der Waals surface area contributed by atoms with Crippen LogP contribution >= 0.6 is 0 Å². The monoisotopic (exact) mass is 297 g/mol. The van der Waals surface area contributed by atoms with E-state index in [0.717, 1.165) is 11.8 Å². The number of amides is 1. The molecule has 4 heteroatoms. The summed E-state index contributed by atoms with van der Waals surface area (Å²) in [6.07, 6.45) is 0.0340. The summed E-state index contributed by atoms with van der Waals surface area (Å²) in [6, 6.07) is 18.1. The van der Waals surface area contributed by atoms with Crippen molar-refractivity contribution in [1.29, 1.82) is 0 Å². The molecule has 0 aliphatic carbocycles. The summed E-state index contributed by atoms with van der Waals surface area (Å²) in [5, 5.41) is 2.79. The molecule has 2 atom stereocenters. The van der Waals surface area contributed by atoms with Gasteiger partial charge in [0.15, 0.2) is 6.29 Å². The van der Waals surface area contributed by atoms with E-state index < -0.39 is 12.1 Å². The number of benzene rings is 2. The number of aldehydes is 1. The number of hydrogen-bond acceptors (Lipinski definition) is 3. The van der Waals surface area contributed by atoms with Crippen molar-refractivity contribution in [3.63, 3.8) is 0 Å². The number of carbonyl (C=O) groups excluding carboxylic acids is 2. The van der Waals surface area contributed by atoms with Gasteiger partial charge in [-0.1, -0.05) is 48.5 Å². The molecule has 0 saturated heterocycles. The number of hydrogen-bond donors (Lipinski definition) is 1. The molecule has 0 bridgehead atoms. The SMILES string of the molecule is C[C@H](NC(=O)c1ccccc1)[C@H](C=O)OCc1ccccc1. The topological polar surface area (TPSA) is 55.4 Å². The molecule has 1 amide bonds. The van der Waals surface area contributed by atoms with Gasteiger partial charge in [0.1, 0.15) is 6.10 Å². The van der Waals surface area contributed by atoms with Crippen LogP contribution in [0.1, 0.15) is 22.8 Å². The average molecular weight is 297 g/mol. The number of rotatable bonds is 7. The third-order valence-electron chi connectivity index (χ3n) is 3.31. The Morgan fingerprint density at radius 3 is 2.27 bits per heavy atom. The minimum absolute atomic E-state index is 0.219. The predicted octanol–water partition coefficient (Wildman–Crippen LogP) is 2.59. The van der Waals surface area contributed by atoms with Crippen LogP contribution in [0.4, 0.5) is 0 Å². The summed E-state index contributed by atoms with van der Waals surface area (Å²) in [5.41, 5.74) is 1.54. The van der Waals surface area contributed by atoms with E-state index in [1.807, 2.05) is 36.4 Å². The third-order valence-corrected chi connectivity index (χ3v) is 3.31. The highest BCUT2D eigenvalue weighted by Gasteiger charge is 2.19. The Labute approximate surface area is 130 Å². The van der Waals surface area contributed by atoms with Crippen molar-refractivity contribution in [3.05, 3.63) is 71.8 Å². The van der Waals surface area contributed by atoms with Crippen LogP contribution in [0.25, 0.3) is 0 Å². The van der Waals surface area contributed by atoms with Crippen LogP contribution < -0.4 is 5.32 Å². The Bertz CT molecular complexity index is 598. The fraction of sp³-hybridized carbons (Fsp3) is 0.222. The maximum atomic E-state index is 12.1. The largest absolute Gasteiger partial charge is 0.364 e. The Balaban J connectivity index is 1.90. The van der Waals surface area contributed by atoms with Crippen LogP contribution in [0, 0.1) is 0 Å². The Hall–Kier alpha value is -2.46. The van der Waals surface area contributed by atoms with Gasteiger partial charge in [0.05, 0.1) is 12.6 Å². The highest BCUT2D eigenvalue weighted by atomic mass is 16.5. The molecule has 0 aliphatic rings. The second-order valence-corrected chi connectivity index (χ2v) is 5.03. The normalized spacial score (nSPS) is 13.1. The number of carbonyl (C=O) groups is 2. The molecular weight excluding hydrogens is 278 g/mol. The Morgan fingerprint density at radius 2 is 1.68 bits per heavy atom. The minimum atomic E-state index is -0.687. The van der Waals surface area contributed by atoms with Gasteiger partial charge in [0.25, 0.3) is 5.91 Å². The molecule has 2 aromatic carbocycles. The van der Waals surface area contributed by atoms with E-state index in [1.54, 1.807) is 31.2 Å². The summed E-state index contributed by atoms with van der Waals surface area (Å²) < 4.78 is 5.59. The van der Waals surface area contributed by atoms with Gasteiger partial charge in [-0.05, 0) is 24.6 Å². The predicted molar refractivity (Wildman–Crippen MR) is 84.5 cm³/mol. The quantitative estimate of drug-likeness (QED) is 0.799. The molecule has 0 spiro atoms. The standard InChI is InChI=1S/C18H19NO3/c1-14(19-18(21)16-10-6-3-7-11-16)17(12-20)22-13-15-8-4-2-5-9-15/h2-12,14,17H,13H2,1H3,(H,19,21)/t14-,17-/m0/s1. The fourth-order valence-electron chi connectivity index (χ4n) is 2.03. The lowest BCUT2D eigenvalue weighted by molar-refractivity contribution is -0.120. The highest BCUT2D eigenvalue weighted by Crippen LogP contribution is 2.06. The zero-order chi connectivity index (χ0) is 15.8. The first-order valence-corrected chi connectivity index (χ1v) is 7.17. The molecule has 0 aromatic heterocycles. The van der Waals surface area contributed by atoms with E-state index in [1.165, 1.54) is 0 Å². The average Bonchev–Trinajstić information content (AvgIpc) is 2.57. The lowest BCUT2D eigenvalue weighted by Gasteiger charge is -2.20. The Kier molecular flexibility index (Phi) is 5.86. The molecule has 2 rings (SSSR count). The van der Waals surface area contributed by atoms with Gasteiger partial charge in [-0.2, -0.15) is 0 Å². The van der Waals surface area contributed by atoms with Crippen molar-refractivity contribution in [2.75, 3.05) is 0 Å². The van der Waals surface area contributed by atoms with Gasteiger partial charge >= 0.3 is 0 Å². The van der Waals surface area contributed by atoms with Crippen molar-refractivity contribution in [2.24, 2.45) is 0 Å². The van der Waals surface area contributed by atoms with Crippen LogP contribution in [-0.2, 0) is 16.1 Å². The molecule has 22 heavy (non-hydrogen) atoms. The summed E-state index contributed by atoms with van der Waals surface area (Å²) in [7, 11) is 0. The number of ether oxygens (including phenoxy) is 1. The Morgan fingerprint density at radius 1 is 1.09 bits per heavy atom. The van der Waals surface area contributed by atoms with E-state index in [0.29, 0.717) is 12.2 Å². The zero-order valence-electron chi connectivity index (χ0n) is 12.4. The summed E-state index contributed by atoms with van der Waals surface area (Å²) >= 11 is 0.